The minimum Gasteiger partial charge on any atom is -0.362 e. The summed E-state index contributed by atoms with van der Waals surface area (Å²) in [7, 11) is 3.27. The maximum atomic E-state index is 12.4. The fraction of sp³-hybridized carbons (Fsp3) is 0.583. The van der Waals surface area contributed by atoms with E-state index in [0.29, 0.717) is 18.8 Å². The van der Waals surface area contributed by atoms with Gasteiger partial charge in [0.15, 0.2) is 5.60 Å². The normalized spacial score (nSPS) is 23.2. The van der Waals surface area contributed by atoms with Crippen molar-refractivity contribution in [2.45, 2.75) is 12.5 Å². The molecule has 0 aliphatic carbocycles. The van der Waals surface area contributed by atoms with Crippen LogP contribution in [0.1, 0.15) is 17.4 Å². The summed E-state index contributed by atoms with van der Waals surface area (Å²) < 4.78 is 7.04. The van der Waals surface area contributed by atoms with Crippen LogP contribution >= 0.6 is 0 Å². The molecule has 0 bridgehead atoms. The summed E-state index contributed by atoms with van der Waals surface area (Å²) >= 11 is 0. The van der Waals surface area contributed by atoms with Gasteiger partial charge in [-0.05, 0) is 13.0 Å². The molecule has 0 aromatic carbocycles. The number of nitrogens with one attached hydrogen (secondary N) is 1. The van der Waals surface area contributed by atoms with Crippen LogP contribution < -0.4 is 5.32 Å². The Morgan fingerprint density at radius 1 is 1.53 bits per heavy atom. The zero-order valence-electron chi connectivity index (χ0n) is 11.3. The second kappa shape index (κ2) is 5.00. The highest BCUT2D eigenvalue weighted by Gasteiger charge is 2.40. The Balaban J connectivity index is 2.16. The van der Waals surface area contributed by atoms with Crippen molar-refractivity contribution in [1.29, 1.82) is 0 Å². The molecule has 2 amide bonds. The third kappa shape index (κ3) is 2.46. The average molecular weight is 266 g/mol. The summed E-state index contributed by atoms with van der Waals surface area (Å²) in [6, 6.07) is 1.66. The minimum absolute atomic E-state index is 0.140. The van der Waals surface area contributed by atoms with Crippen LogP contribution in [0.3, 0.4) is 0 Å². The number of hydrogen-bond acceptors (Lipinski definition) is 4. The predicted molar refractivity (Wildman–Crippen MR) is 67.5 cm³/mol. The molecule has 2 rings (SSSR count). The van der Waals surface area contributed by atoms with Gasteiger partial charge in [0.1, 0.15) is 5.69 Å². The number of likely N-dealkylation sites (N-methyl/N-ethyl adjacent to an activating group) is 1. The lowest BCUT2D eigenvalue weighted by Crippen LogP contribution is -2.59. The standard InChI is InChI=1S/C12H18N4O3/c1-12(11(18)13-2)8-16(6-7-19-12)10(17)9-4-5-14-15(9)3/h4-5H,6-8H2,1-3H3,(H,13,18)/t12-/m0/s1. The van der Waals surface area contributed by atoms with E-state index in [2.05, 4.69) is 10.4 Å². The number of aryl methyl sites for hydroxylation is 1. The van der Waals surface area contributed by atoms with E-state index in [9.17, 15) is 9.59 Å². The first-order chi connectivity index (χ1) is 8.98. The van der Waals surface area contributed by atoms with Gasteiger partial charge >= 0.3 is 0 Å². The molecule has 0 radical (unpaired) electrons. The number of carbonyl (C=O) groups excluding carboxylic acids is 2. The van der Waals surface area contributed by atoms with E-state index >= 15 is 0 Å². The van der Waals surface area contributed by atoms with Crippen LogP contribution in [0.25, 0.3) is 0 Å². The summed E-state index contributed by atoms with van der Waals surface area (Å²) in [5, 5.41) is 6.54. The van der Waals surface area contributed by atoms with Crippen LogP contribution in [0.5, 0.6) is 0 Å². The fourth-order valence-corrected chi connectivity index (χ4v) is 2.19. The monoisotopic (exact) mass is 266 g/mol. The largest absolute Gasteiger partial charge is 0.362 e. The van der Waals surface area contributed by atoms with Gasteiger partial charge in [0.25, 0.3) is 11.8 Å². The molecule has 1 fully saturated rings. The Labute approximate surface area is 111 Å². The highest BCUT2D eigenvalue weighted by Crippen LogP contribution is 2.19. The van der Waals surface area contributed by atoms with Gasteiger partial charge in [-0.15, -0.1) is 0 Å². The van der Waals surface area contributed by atoms with Gasteiger partial charge in [-0.25, -0.2) is 0 Å². The third-order valence-electron chi connectivity index (χ3n) is 3.31. The number of amides is 2. The Morgan fingerprint density at radius 2 is 2.26 bits per heavy atom. The van der Waals surface area contributed by atoms with Crippen molar-refractivity contribution >= 4 is 11.8 Å². The number of hydrogen-bond donors (Lipinski definition) is 1. The SMILES string of the molecule is CNC(=O)[C@]1(C)CN(C(=O)c2ccnn2C)CCO1. The van der Waals surface area contributed by atoms with Crippen molar-refractivity contribution in [2.75, 3.05) is 26.7 Å². The van der Waals surface area contributed by atoms with Crippen LogP contribution in [0.15, 0.2) is 12.3 Å². The predicted octanol–water partition coefficient (Wildman–Crippen LogP) is -0.603. The summed E-state index contributed by atoms with van der Waals surface area (Å²) in [6.45, 7) is 2.73. The average Bonchev–Trinajstić information content (AvgIpc) is 2.83. The Bertz CT molecular complexity index is 499. The molecule has 1 aliphatic heterocycles. The van der Waals surface area contributed by atoms with E-state index in [1.807, 2.05) is 0 Å². The van der Waals surface area contributed by atoms with Gasteiger partial charge in [0, 0.05) is 26.8 Å². The van der Waals surface area contributed by atoms with E-state index in [-0.39, 0.29) is 18.4 Å². The van der Waals surface area contributed by atoms with Crippen molar-refractivity contribution in [2.24, 2.45) is 7.05 Å². The van der Waals surface area contributed by atoms with Gasteiger partial charge in [-0.2, -0.15) is 5.10 Å². The van der Waals surface area contributed by atoms with Crippen molar-refractivity contribution in [3.63, 3.8) is 0 Å². The molecule has 1 aromatic heterocycles. The first-order valence-corrected chi connectivity index (χ1v) is 6.11. The lowest BCUT2D eigenvalue weighted by molar-refractivity contribution is -0.153. The maximum absolute atomic E-state index is 12.4. The minimum atomic E-state index is -0.999. The van der Waals surface area contributed by atoms with E-state index in [1.165, 1.54) is 4.68 Å². The Kier molecular flexibility index (Phi) is 3.57. The highest BCUT2D eigenvalue weighted by molar-refractivity contribution is 5.93. The van der Waals surface area contributed by atoms with Crippen molar-refractivity contribution in [3.8, 4) is 0 Å². The zero-order chi connectivity index (χ0) is 14.0. The molecule has 0 unspecified atom stereocenters. The summed E-state index contributed by atoms with van der Waals surface area (Å²) in [5.74, 6) is -0.367. The molecule has 104 valence electrons. The van der Waals surface area contributed by atoms with Crippen LogP contribution in [0.4, 0.5) is 0 Å². The lowest BCUT2D eigenvalue weighted by atomic mass is 10.0. The van der Waals surface area contributed by atoms with E-state index in [1.54, 1.807) is 38.2 Å². The molecule has 1 saturated heterocycles. The van der Waals surface area contributed by atoms with E-state index < -0.39 is 5.60 Å². The van der Waals surface area contributed by atoms with E-state index in [0.717, 1.165) is 0 Å². The molecule has 7 nitrogen and oxygen atoms in total. The summed E-state index contributed by atoms with van der Waals surface area (Å²) in [4.78, 5) is 25.8. The van der Waals surface area contributed by atoms with Gasteiger partial charge in [0.05, 0.1) is 13.2 Å². The summed E-state index contributed by atoms with van der Waals surface area (Å²) in [6.07, 6.45) is 1.58. The Morgan fingerprint density at radius 3 is 2.84 bits per heavy atom. The number of aromatic nitrogens is 2. The number of rotatable bonds is 2. The molecule has 0 saturated carbocycles. The maximum Gasteiger partial charge on any atom is 0.272 e. The number of morpholine rings is 1. The molecule has 1 aliphatic rings. The summed E-state index contributed by atoms with van der Waals surface area (Å²) in [5.41, 5.74) is -0.498. The van der Waals surface area contributed by atoms with Crippen molar-refractivity contribution in [1.82, 2.24) is 20.0 Å². The molecule has 19 heavy (non-hydrogen) atoms. The smallest absolute Gasteiger partial charge is 0.272 e. The van der Waals surface area contributed by atoms with Crippen LogP contribution in [-0.2, 0) is 16.6 Å². The lowest BCUT2D eigenvalue weighted by Gasteiger charge is -2.38. The van der Waals surface area contributed by atoms with Crippen LogP contribution in [0.2, 0.25) is 0 Å². The van der Waals surface area contributed by atoms with Gasteiger partial charge < -0.3 is 15.0 Å². The van der Waals surface area contributed by atoms with Crippen molar-refractivity contribution in [3.05, 3.63) is 18.0 Å². The molecule has 1 atom stereocenters. The molecule has 7 heteroatoms. The van der Waals surface area contributed by atoms with Gasteiger partial charge in [-0.1, -0.05) is 0 Å². The zero-order valence-corrected chi connectivity index (χ0v) is 11.3. The Hall–Kier alpha value is -1.89. The van der Waals surface area contributed by atoms with Gasteiger partial charge in [0.2, 0.25) is 0 Å². The second-order valence-electron chi connectivity index (χ2n) is 4.73. The fourth-order valence-electron chi connectivity index (χ4n) is 2.19. The van der Waals surface area contributed by atoms with Gasteiger partial charge in [-0.3, -0.25) is 14.3 Å². The number of nitrogens with zero attached hydrogens (tertiary/aromatic N) is 3. The topological polar surface area (TPSA) is 76.5 Å². The highest BCUT2D eigenvalue weighted by atomic mass is 16.5. The molecule has 1 N–H and O–H groups in total. The van der Waals surface area contributed by atoms with E-state index in [4.69, 9.17) is 4.74 Å². The number of ether oxygens (including phenoxy) is 1. The molecule has 2 heterocycles. The molecular weight excluding hydrogens is 248 g/mol. The molecule has 0 spiro atoms. The molecule has 1 aromatic rings. The molecular formula is C12H18N4O3. The van der Waals surface area contributed by atoms with Crippen LogP contribution in [0, 0.1) is 0 Å². The quantitative estimate of drug-likeness (QED) is 0.775. The first kappa shape index (κ1) is 13.5. The number of carbonyl (C=O) groups is 2. The first-order valence-electron chi connectivity index (χ1n) is 6.11. The van der Waals surface area contributed by atoms with Crippen molar-refractivity contribution < 1.29 is 14.3 Å². The van der Waals surface area contributed by atoms with Crippen LogP contribution in [-0.4, -0.2) is 58.8 Å². The third-order valence-corrected chi connectivity index (χ3v) is 3.31. The second-order valence-corrected chi connectivity index (χ2v) is 4.73.